The average molecular weight is 266 g/mol. The van der Waals surface area contributed by atoms with Crippen molar-refractivity contribution in [3.63, 3.8) is 0 Å². The largest absolute Gasteiger partial charge is 0.497 e. The van der Waals surface area contributed by atoms with Gasteiger partial charge in [-0.2, -0.15) is 0 Å². The van der Waals surface area contributed by atoms with Gasteiger partial charge < -0.3 is 19.9 Å². The molecule has 2 rings (SSSR count). The summed E-state index contributed by atoms with van der Waals surface area (Å²) >= 11 is 0. The van der Waals surface area contributed by atoms with E-state index in [-0.39, 0.29) is 18.6 Å². The molecule has 0 aliphatic carbocycles. The van der Waals surface area contributed by atoms with E-state index in [0.717, 1.165) is 0 Å². The highest BCUT2D eigenvalue weighted by molar-refractivity contribution is 5.92. The number of aliphatic hydroxyl groups excluding tert-OH is 1. The van der Waals surface area contributed by atoms with Gasteiger partial charge in [-0.1, -0.05) is 0 Å². The second-order valence-corrected chi connectivity index (χ2v) is 4.50. The summed E-state index contributed by atoms with van der Waals surface area (Å²) in [5.41, 5.74) is 0.627. The highest BCUT2D eigenvalue weighted by Crippen LogP contribution is 2.25. The van der Waals surface area contributed by atoms with Crippen molar-refractivity contribution in [2.24, 2.45) is 0 Å². The number of likely N-dealkylation sites (tertiary alicyclic amines) is 1. The number of aliphatic hydroxyl groups is 1. The van der Waals surface area contributed by atoms with Gasteiger partial charge in [0, 0.05) is 37.0 Å². The fourth-order valence-corrected chi connectivity index (χ4v) is 1.95. The number of ether oxygens (including phenoxy) is 2. The Balaban J connectivity index is 1.95. The Bertz CT molecular complexity index is 436. The zero-order chi connectivity index (χ0) is 13.8. The third kappa shape index (κ3) is 3.59. The van der Waals surface area contributed by atoms with Gasteiger partial charge in [-0.05, 0) is 0 Å². The smallest absolute Gasteiger partial charge is 0.238 e. The van der Waals surface area contributed by atoms with Crippen LogP contribution in [-0.2, 0) is 4.79 Å². The minimum Gasteiger partial charge on any atom is -0.497 e. The van der Waals surface area contributed by atoms with Crippen molar-refractivity contribution in [1.82, 2.24) is 4.90 Å². The van der Waals surface area contributed by atoms with Crippen LogP contribution in [0.2, 0.25) is 0 Å². The van der Waals surface area contributed by atoms with Crippen molar-refractivity contribution in [3.05, 3.63) is 18.2 Å². The first-order valence-electron chi connectivity index (χ1n) is 6.04. The zero-order valence-corrected chi connectivity index (χ0v) is 11.0. The van der Waals surface area contributed by atoms with Crippen LogP contribution in [0.15, 0.2) is 18.2 Å². The normalized spacial score (nSPS) is 15.7. The minimum atomic E-state index is -0.301. The molecule has 1 aliphatic heterocycles. The summed E-state index contributed by atoms with van der Waals surface area (Å²) in [5, 5.41) is 11.9. The number of nitrogens with zero attached hydrogens (tertiary/aromatic N) is 1. The van der Waals surface area contributed by atoms with Gasteiger partial charge in [0.2, 0.25) is 5.91 Å². The van der Waals surface area contributed by atoms with E-state index in [1.807, 2.05) is 4.90 Å². The summed E-state index contributed by atoms with van der Waals surface area (Å²) in [5.74, 6) is 1.12. The van der Waals surface area contributed by atoms with E-state index in [0.29, 0.717) is 30.3 Å². The third-order valence-corrected chi connectivity index (χ3v) is 2.94. The van der Waals surface area contributed by atoms with Crippen LogP contribution >= 0.6 is 0 Å². The quantitative estimate of drug-likeness (QED) is 0.803. The van der Waals surface area contributed by atoms with Crippen LogP contribution in [0.25, 0.3) is 0 Å². The molecule has 0 spiro atoms. The van der Waals surface area contributed by atoms with Gasteiger partial charge >= 0.3 is 0 Å². The number of benzene rings is 1. The van der Waals surface area contributed by atoms with Gasteiger partial charge in [-0.3, -0.25) is 9.69 Å². The van der Waals surface area contributed by atoms with E-state index in [9.17, 15) is 4.79 Å². The number of nitrogens with one attached hydrogen (secondary N) is 1. The molecular weight excluding hydrogens is 248 g/mol. The molecule has 0 unspecified atom stereocenters. The molecule has 1 aliphatic rings. The molecule has 1 fully saturated rings. The highest BCUT2D eigenvalue weighted by atomic mass is 16.5. The maximum Gasteiger partial charge on any atom is 0.238 e. The number of amides is 1. The van der Waals surface area contributed by atoms with Gasteiger partial charge in [0.1, 0.15) is 11.5 Å². The monoisotopic (exact) mass is 266 g/mol. The highest BCUT2D eigenvalue weighted by Gasteiger charge is 2.25. The van der Waals surface area contributed by atoms with Crippen molar-refractivity contribution in [1.29, 1.82) is 0 Å². The summed E-state index contributed by atoms with van der Waals surface area (Å²) in [7, 11) is 3.11. The van der Waals surface area contributed by atoms with Gasteiger partial charge in [0.15, 0.2) is 0 Å². The molecule has 1 heterocycles. The fraction of sp³-hybridized carbons (Fsp3) is 0.462. The van der Waals surface area contributed by atoms with Crippen LogP contribution in [0, 0.1) is 0 Å². The van der Waals surface area contributed by atoms with Crippen LogP contribution in [0.1, 0.15) is 0 Å². The Morgan fingerprint density at radius 3 is 2.37 bits per heavy atom. The van der Waals surface area contributed by atoms with Crippen molar-refractivity contribution in [2.45, 2.75) is 6.10 Å². The topological polar surface area (TPSA) is 71.0 Å². The van der Waals surface area contributed by atoms with Crippen LogP contribution in [-0.4, -0.2) is 55.9 Å². The van der Waals surface area contributed by atoms with Gasteiger partial charge in [-0.15, -0.1) is 0 Å². The van der Waals surface area contributed by atoms with Crippen molar-refractivity contribution >= 4 is 11.6 Å². The number of rotatable bonds is 5. The number of hydrogen-bond donors (Lipinski definition) is 2. The standard InChI is InChI=1S/C13H18N2O4/c1-18-11-3-9(4-12(5-11)19-2)14-13(17)8-15-6-10(16)7-15/h3-5,10,16H,6-8H2,1-2H3,(H,14,17). The lowest BCUT2D eigenvalue weighted by Crippen LogP contribution is -2.53. The Hall–Kier alpha value is -1.79. The molecule has 0 saturated carbocycles. The fourth-order valence-electron chi connectivity index (χ4n) is 1.95. The molecule has 1 aromatic carbocycles. The summed E-state index contributed by atoms with van der Waals surface area (Å²) < 4.78 is 10.3. The van der Waals surface area contributed by atoms with Crippen LogP contribution in [0.4, 0.5) is 5.69 Å². The number of β-amino-alcohol motifs (C(OH)–C–C–N with tert-alkyl or cyclic N) is 1. The molecule has 1 amide bonds. The predicted molar refractivity (Wildman–Crippen MR) is 70.6 cm³/mol. The van der Waals surface area contributed by atoms with E-state index in [4.69, 9.17) is 14.6 Å². The first kappa shape index (κ1) is 13.6. The molecule has 104 valence electrons. The van der Waals surface area contributed by atoms with Crippen LogP contribution in [0.3, 0.4) is 0 Å². The molecule has 19 heavy (non-hydrogen) atoms. The maximum atomic E-state index is 11.8. The van der Waals surface area contributed by atoms with Crippen LogP contribution in [0.5, 0.6) is 11.5 Å². The molecule has 6 heteroatoms. The molecule has 0 aromatic heterocycles. The molecule has 1 aromatic rings. The first-order chi connectivity index (χ1) is 9.10. The molecule has 0 atom stereocenters. The lowest BCUT2D eigenvalue weighted by atomic mass is 10.2. The number of anilines is 1. The third-order valence-electron chi connectivity index (χ3n) is 2.94. The predicted octanol–water partition coefficient (Wildman–Crippen LogP) is 0.319. The van der Waals surface area contributed by atoms with Gasteiger partial charge in [-0.25, -0.2) is 0 Å². The summed E-state index contributed by atoms with van der Waals surface area (Å²) in [6.07, 6.45) is -0.301. The Kier molecular flexibility index (Phi) is 4.24. The first-order valence-corrected chi connectivity index (χ1v) is 6.04. The number of methoxy groups -OCH3 is 2. The molecule has 0 radical (unpaired) electrons. The Morgan fingerprint density at radius 2 is 1.89 bits per heavy atom. The van der Waals surface area contributed by atoms with Gasteiger partial charge in [0.05, 0.1) is 26.9 Å². The van der Waals surface area contributed by atoms with Crippen molar-refractivity contribution in [3.8, 4) is 11.5 Å². The summed E-state index contributed by atoms with van der Waals surface area (Å²) in [4.78, 5) is 13.7. The van der Waals surface area contributed by atoms with Crippen molar-refractivity contribution < 1.29 is 19.4 Å². The van der Waals surface area contributed by atoms with E-state index in [1.165, 1.54) is 0 Å². The average Bonchev–Trinajstić information content (AvgIpc) is 2.36. The van der Waals surface area contributed by atoms with E-state index in [1.54, 1.807) is 32.4 Å². The Morgan fingerprint density at radius 1 is 1.32 bits per heavy atom. The van der Waals surface area contributed by atoms with Crippen molar-refractivity contribution in [2.75, 3.05) is 39.2 Å². The maximum absolute atomic E-state index is 11.8. The lowest BCUT2D eigenvalue weighted by molar-refractivity contribution is -0.119. The molecule has 6 nitrogen and oxygen atoms in total. The second-order valence-electron chi connectivity index (χ2n) is 4.50. The van der Waals surface area contributed by atoms with E-state index in [2.05, 4.69) is 5.32 Å². The number of carbonyl (C=O) groups excluding carboxylic acids is 1. The molecule has 0 bridgehead atoms. The Labute approximate surface area is 111 Å². The summed E-state index contributed by atoms with van der Waals surface area (Å²) in [6.45, 7) is 1.38. The zero-order valence-electron chi connectivity index (χ0n) is 11.0. The SMILES string of the molecule is COc1cc(NC(=O)CN2CC(O)C2)cc(OC)c1. The molecular formula is C13H18N2O4. The number of hydrogen-bond acceptors (Lipinski definition) is 5. The van der Waals surface area contributed by atoms with E-state index < -0.39 is 0 Å². The second kappa shape index (κ2) is 5.90. The van der Waals surface area contributed by atoms with E-state index >= 15 is 0 Å². The minimum absolute atomic E-state index is 0.123. The van der Waals surface area contributed by atoms with Gasteiger partial charge in [0.25, 0.3) is 0 Å². The molecule has 2 N–H and O–H groups in total. The molecule has 1 saturated heterocycles. The summed E-state index contributed by atoms with van der Waals surface area (Å²) in [6, 6.07) is 5.19. The van der Waals surface area contributed by atoms with Crippen LogP contribution < -0.4 is 14.8 Å². The lowest BCUT2D eigenvalue weighted by Gasteiger charge is -2.35. The number of carbonyl (C=O) groups is 1.